The Bertz CT molecular complexity index is 1940. The van der Waals surface area contributed by atoms with Crippen LogP contribution in [0.2, 0.25) is 5.15 Å². The van der Waals surface area contributed by atoms with Crippen LogP contribution in [-0.2, 0) is 10.1 Å². The maximum absolute atomic E-state index is 12.3. The topological polar surface area (TPSA) is 169 Å². The van der Waals surface area contributed by atoms with Crippen molar-refractivity contribution >= 4 is 85.0 Å². The first-order valence-electron chi connectivity index (χ1n) is 13.0. The molecule has 5 aromatic rings. The summed E-state index contributed by atoms with van der Waals surface area (Å²) in [4.78, 5) is 20.4. The molecule has 0 aliphatic heterocycles. The molecule has 0 atom stereocenters. The first-order chi connectivity index (χ1) is 20.7. The van der Waals surface area contributed by atoms with Gasteiger partial charge in [-0.05, 0) is 48.9 Å². The zero-order valence-electron chi connectivity index (χ0n) is 22.5. The standard InChI is InChI=1S/C30H25ClN6O5S.Na.H/c31-29-23(10-5-14-33-29)30(38)34-15-6-16-42-26-11-4-3-9-22(26)24-13-12-19(18-35-24)36-37-25-17-27(43(39,40)41)20-7-1-2-8-21(20)28(25)32;;/h1-5,7-14,17-18H,6,15-16,32H2,(H,34,38)(H,39,40,41);;. The van der Waals surface area contributed by atoms with Crippen LogP contribution in [0.4, 0.5) is 17.1 Å². The van der Waals surface area contributed by atoms with E-state index in [0.29, 0.717) is 47.7 Å². The molecule has 0 spiro atoms. The summed E-state index contributed by atoms with van der Waals surface area (Å²) in [6, 6.07) is 21.9. The number of anilines is 1. The van der Waals surface area contributed by atoms with E-state index < -0.39 is 10.1 Å². The van der Waals surface area contributed by atoms with Crippen LogP contribution >= 0.6 is 11.6 Å². The van der Waals surface area contributed by atoms with Crippen LogP contribution in [0.5, 0.6) is 5.75 Å². The SMILES string of the molecule is Nc1c(N=Nc2ccc(-c3ccccc3OCCCNC(=O)c3cccnc3Cl)nc2)cc(S(=O)(=O)O)c2ccccc12.[NaH]. The van der Waals surface area contributed by atoms with Gasteiger partial charge >= 0.3 is 29.6 Å². The number of para-hydroxylation sites is 1. The molecule has 4 N–H and O–H groups in total. The summed E-state index contributed by atoms with van der Waals surface area (Å²) in [7, 11) is -4.53. The van der Waals surface area contributed by atoms with E-state index in [2.05, 4.69) is 25.5 Å². The molecule has 3 aromatic carbocycles. The van der Waals surface area contributed by atoms with Crippen LogP contribution in [0.15, 0.2) is 106 Å². The van der Waals surface area contributed by atoms with Gasteiger partial charge in [-0.1, -0.05) is 48.0 Å². The normalized spacial score (nSPS) is 11.3. The Morgan fingerprint density at radius 1 is 0.977 bits per heavy atom. The van der Waals surface area contributed by atoms with Gasteiger partial charge in [0.05, 0.1) is 29.7 Å². The number of azo groups is 1. The molecule has 14 heteroatoms. The molecule has 0 unspecified atom stereocenters. The summed E-state index contributed by atoms with van der Waals surface area (Å²) in [5, 5.41) is 12.0. The Morgan fingerprint density at radius 2 is 1.73 bits per heavy atom. The molecule has 2 heterocycles. The first kappa shape index (κ1) is 33.0. The molecule has 5 rings (SSSR count). The van der Waals surface area contributed by atoms with Crippen LogP contribution < -0.4 is 15.8 Å². The molecule has 2 aromatic heterocycles. The van der Waals surface area contributed by atoms with Gasteiger partial charge in [0.2, 0.25) is 0 Å². The van der Waals surface area contributed by atoms with Gasteiger partial charge in [0.15, 0.2) is 0 Å². The van der Waals surface area contributed by atoms with E-state index in [-0.39, 0.29) is 62.3 Å². The number of carbonyl (C=O) groups excluding carboxylic acids is 1. The quantitative estimate of drug-likeness (QED) is 0.0433. The van der Waals surface area contributed by atoms with E-state index in [1.54, 1.807) is 48.5 Å². The fourth-order valence-corrected chi connectivity index (χ4v) is 5.20. The monoisotopic (exact) mass is 640 g/mol. The molecular formula is C30H26ClN6NaO5S. The number of amides is 1. The van der Waals surface area contributed by atoms with Crippen molar-refractivity contribution in [2.75, 3.05) is 18.9 Å². The zero-order chi connectivity index (χ0) is 30.4. The van der Waals surface area contributed by atoms with Crippen molar-refractivity contribution in [3.05, 3.63) is 102 Å². The summed E-state index contributed by atoms with van der Waals surface area (Å²) >= 11 is 5.97. The number of nitrogens with two attached hydrogens (primary N) is 1. The van der Waals surface area contributed by atoms with Gasteiger partial charge in [0, 0.05) is 29.1 Å². The van der Waals surface area contributed by atoms with E-state index in [4.69, 9.17) is 22.1 Å². The third-order valence-corrected chi connectivity index (χ3v) is 7.55. The molecule has 1 amide bonds. The Morgan fingerprint density at radius 3 is 2.45 bits per heavy atom. The van der Waals surface area contributed by atoms with E-state index in [9.17, 15) is 17.8 Å². The Labute approximate surface area is 280 Å². The average molecular weight is 641 g/mol. The van der Waals surface area contributed by atoms with Crippen molar-refractivity contribution in [1.82, 2.24) is 15.3 Å². The number of fused-ring (bicyclic) bond motifs is 1. The third-order valence-electron chi connectivity index (χ3n) is 6.36. The van der Waals surface area contributed by atoms with Crippen LogP contribution in [0, 0.1) is 0 Å². The second kappa shape index (κ2) is 14.7. The minimum atomic E-state index is -4.53. The predicted octanol–water partition coefficient (Wildman–Crippen LogP) is 5.74. The summed E-state index contributed by atoms with van der Waals surface area (Å²) in [6.45, 7) is 0.737. The predicted molar refractivity (Wildman–Crippen MR) is 171 cm³/mol. The van der Waals surface area contributed by atoms with Gasteiger partial charge in [0.1, 0.15) is 27.2 Å². The second-order valence-corrected chi connectivity index (χ2v) is 11.0. The van der Waals surface area contributed by atoms with E-state index in [1.165, 1.54) is 18.5 Å². The number of hydrogen-bond acceptors (Lipinski definition) is 9. The number of aromatic nitrogens is 2. The van der Waals surface area contributed by atoms with Crippen LogP contribution in [0.25, 0.3) is 22.0 Å². The molecule has 0 saturated heterocycles. The number of nitrogen functional groups attached to an aromatic ring is 1. The molecule has 0 aliphatic carbocycles. The van der Waals surface area contributed by atoms with E-state index >= 15 is 0 Å². The van der Waals surface area contributed by atoms with Crippen LogP contribution in [0.3, 0.4) is 0 Å². The van der Waals surface area contributed by atoms with Crippen molar-refractivity contribution < 1.29 is 22.5 Å². The molecule has 11 nitrogen and oxygen atoms in total. The summed E-state index contributed by atoms with van der Waals surface area (Å²) < 4.78 is 39.6. The van der Waals surface area contributed by atoms with Crippen LogP contribution in [-0.4, -0.2) is 71.6 Å². The van der Waals surface area contributed by atoms with E-state index in [0.717, 1.165) is 5.56 Å². The van der Waals surface area contributed by atoms with Gasteiger partial charge in [-0.25, -0.2) is 4.98 Å². The zero-order valence-corrected chi connectivity index (χ0v) is 24.1. The van der Waals surface area contributed by atoms with Gasteiger partial charge in [0.25, 0.3) is 16.0 Å². The minimum absolute atomic E-state index is 0. The molecular weight excluding hydrogens is 615 g/mol. The van der Waals surface area contributed by atoms with Gasteiger partial charge < -0.3 is 15.8 Å². The Kier molecular flexibility index (Phi) is 11.0. The number of rotatable bonds is 10. The van der Waals surface area contributed by atoms with Gasteiger partial charge in [-0.15, -0.1) is 10.2 Å². The second-order valence-electron chi connectivity index (χ2n) is 9.23. The fraction of sp³-hybridized carbons (Fsp3) is 0.100. The van der Waals surface area contributed by atoms with Crippen molar-refractivity contribution in [1.29, 1.82) is 0 Å². The summed E-state index contributed by atoms with van der Waals surface area (Å²) in [5.74, 6) is 0.315. The number of nitrogens with one attached hydrogen (secondary N) is 1. The number of nitrogens with zero attached hydrogens (tertiary/aromatic N) is 4. The third kappa shape index (κ3) is 7.78. The van der Waals surface area contributed by atoms with Gasteiger partial charge in [-0.2, -0.15) is 8.42 Å². The summed E-state index contributed by atoms with van der Waals surface area (Å²) in [6.07, 6.45) is 3.58. The number of carbonyl (C=O) groups is 1. The van der Waals surface area contributed by atoms with Crippen molar-refractivity contribution in [2.45, 2.75) is 11.3 Å². The maximum atomic E-state index is 12.3. The molecule has 0 saturated carbocycles. The number of pyridine rings is 2. The Hall–Kier alpha value is -3.91. The average Bonchev–Trinajstić information content (AvgIpc) is 3.01. The number of ether oxygens (including phenoxy) is 1. The summed E-state index contributed by atoms with van der Waals surface area (Å²) in [5.41, 5.74) is 8.65. The molecule has 0 radical (unpaired) electrons. The molecule has 44 heavy (non-hydrogen) atoms. The van der Waals surface area contributed by atoms with Crippen molar-refractivity contribution in [2.24, 2.45) is 10.2 Å². The number of benzene rings is 3. The first-order valence-corrected chi connectivity index (χ1v) is 14.8. The number of halogens is 1. The van der Waals surface area contributed by atoms with E-state index in [1.807, 2.05) is 24.3 Å². The van der Waals surface area contributed by atoms with Gasteiger partial charge in [-0.3, -0.25) is 14.3 Å². The van der Waals surface area contributed by atoms with Crippen LogP contribution in [0.1, 0.15) is 16.8 Å². The fourth-order valence-electron chi connectivity index (χ4n) is 4.27. The van der Waals surface area contributed by atoms with Crippen molar-refractivity contribution in [3.8, 4) is 17.0 Å². The van der Waals surface area contributed by atoms with Crippen molar-refractivity contribution in [3.63, 3.8) is 0 Å². The molecule has 0 fully saturated rings. The Balaban J connectivity index is 0.00000442. The molecule has 0 bridgehead atoms. The molecule has 220 valence electrons. The number of hydrogen-bond donors (Lipinski definition) is 3. The molecule has 0 aliphatic rings.